The molecule has 0 aliphatic carbocycles. The molecule has 0 bridgehead atoms. The molecule has 0 saturated heterocycles. The predicted molar refractivity (Wildman–Crippen MR) is 149 cm³/mol. The van der Waals surface area contributed by atoms with Crippen LogP contribution < -0.4 is 4.74 Å². The summed E-state index contributed by atoms with van der Waals surface area (Å²) in [6.45, 7) is 4.06. The maximum atomic E-state index is 10.9. The van der Waals surface area contributed by atoms with Crippen LogP contribution in [0.4, 0.5) is 5.69 Å². The molecule has 0 fully saturated rings. The first-order valence-corrected chi connectivity index (χ1v) is 12.6. The van der Waals surface area contributed by atoms with Gasteiger partial charge in [-0.15, -0.1) is 0 Å². The van der Waals surface area contributed by atoms with Crippen molar-refractivity contribution in [1.82, 2.24) is 14.5 Å². The van der Waals surface area contributed by atoms with E-state index < -0.39 is 4.92 Å². The van der Waals surface area contributed by atoms with Gasteiger partial charge in [-0.1, -0.05) is 11.8 Å². The van der Waals surface area contributed by atoms with Gasteiger partial charge >= 0.3 is 0 Å². The van der Waals surface area contributed by atoms with E-state index in [-0.39, 0.29) is 5.69 Å². The molecule has 0 spiro atoms. The lowest BCUT2D eigenvalue weighted by atomic mass is 10.1. The van der Waals surface area contributed by atoms with E-state index in [1.165, 1.54) is 12.1 Å². The summed E-state index contributed by atoms with van der Waals surface area (Å²) in [5.74, 6) is 1.23. The lowest BCUT2D eigenvalue weighted by Gasteiger charge is -2.11. The molecular formula is C29H23N5O3S. The molecule has 38 heavy (non-hydrogen) atoms. The summed E-state index contributed by atoms with van der Waals surface area (Å²) < 4.78 is 7.43. The summed E-state index contributed by atoms with van der Waals surface area (Å²) in [4.78, 5) is 20.2. The maximum Gasteiger partial charge on any atom is 0.269 e. The molecule has 8 nitrogen and oxygen atoms in total. The minimum Gasteiger partial charge on any atom is -0.497 e. The highest BCUT2D eigenvalue weighted by Gasteiger charge is 2.14. The van der Waals surface area contributed by atoms with Crippen molar-refractivity contribution >= 4 is 40.1 Å². The fourth-order valence-electron chi connectivity index (χ4n) is 4.32. The van der Waals surface area contributed by atoms with Crippen LogP contribution in [0.3, 0.4) is 0 Å². The predicted octanol–water partition coefficient (Wildman–Crippen LogP) is 7.10. The largest absolute Gasteiger partial charge is 0.497 e. The number of aryl methyl sites for hydroxylation is 1. The molecule has 0 aliphatic rings. The maximum absolute atomic E-state index is 10.9. The zero-order valence-corrected chi connectivity index (χ0v) is 21.7. The molecule has 5 aromatic rings. The van der Waals surface area contributed by atoms with E-state index >= 15 is 0 Å². The zero-order valence-electron chi connectivity index (χ0n) is 20.9. The Balaban J connectivity index is 1.41. The van der Waals surface area contributed by atoms with Crippen molar-refractivity contribution in [2.75, 3.05) is 7.11 Å². The first-order chi connectivity index (χ1) is 18.4. The number of hydrogen-bond donors (Lipinski definition) is 1. The molecule has 0 saturated carbocycles. The van der Waals surface area contributed by atoms with Gasteiger partial charge in [0, 0.05) is 45.1 Å². The molecule has 9 heteroatoms. The van der Waals surface area contributed by atoms with Crippen LogP contribution in [-0.4, -0.2) is 26.6 Å². The number of allylic oxidation sites excluding steroid dienone is 1. The normalized spacial score (nSPS) is 11.5. The van der Waals surface area contributed by atoms with E-state index in [2.05, 4.69) is 26.7 Å². The highest BCUT2D eigenvalue weighted by molar-refractivity contribution is 7.99. The van der Waals surface area contributed by atoms with Crippen molar-refractivity contribution in [3.63, 3.8) is 0 Å². The van der Waals surface area contributed by atoms with Gasteiger partial charge in [-0.3, -0.25) is 10.1 Å². The first kappa shape index (κ1) is 24.9. The van der Waals surface area contributed by atoms with E-state index in [4.69, 9.17) is 4.74 Å². The number of aromatic amines is 1. The van der Waals surface area contributed by atoms with Crippen LogP contribution in [0.25, 0.3) is 28.4 Å². The number of nitrogens with zero attached hydrogens (tertiary/aromatic N) is 4. The van der Waals surface area contributed by atoms with Gasteiger partial charge in [0.2, 0.25) is 0 Å². The van der Waals surface area contributed by atoms with Crippen molar-refractivity contribution in [3.8, 4) is 17.5 Å². The smallest absolute Gasteiger partial charge is 0.269 e. The van der Waals surface area contributed by atoms with Crippen molar-refractivity contribution in [2.24, 2.45) is 0 Å². The molecule has 0 atom stereocenters. The van der Waals surface area contributed by atoms with Crippen LogP contribution in [0.5, 0.6) is 5.75 Å². The molecule has 188 valence electrons. The number of fused-ring (bicyclic) bond motifs is 1. The molecule has 0 radical (unpaired) electrons. The second kappa shape index (κ2) is 10.3. The SMILES string of the molecule is COc1ccc2nc(/C(C#N)=C\c3cc(C)n(-c4ccc(Sc5ccc([N+](=O)[O-])cc5)cc4)c3C)[nH]c2c1. The number of imidazole rings is 1. The standard InChI is InChI=1S/C29H23N5O3S/c1-18-14-20(15-21(17-30)29-31-27-13-8-24(37-3)16-28(27)32-29)19(2)33(18)22-4-9-25(10-5-22)38-26-11-6-23(7-12-26)34(35)36/h4-16H,1-3H3,(H,31,32)/b21-15-. The monoisotopic (exact) mass is 521 g/mol. The molecule has 2 heterocycles. The van der Waals surface area contributed by atoms with E-state index in [1.54, 1.807) is 31.0 Å². The summed E-state index contributed by atoms with van der Waals surface area (Å²) in [6, 6.07) is 24.5. The Kier molecular flexibility index (Phi) is 6.73. The average Bonchev–Trinajstić information content (AvgIpc) is 3.47. The lowest BCUT2D eigenvalue weighted by Crippen LogP contribution is -1.99. The van der Waals surface area contributed by atoms with Gasteiger partial charge in [-0.05, 0) is 80.1 Å². The summed E-state index contributed by atoms with van der Waals surface area (Å²) in [7, 11) is 1.61. The molecule has 0 aliphatic heterocycles. The van der Waals surface area contributed by atoms with Crippen molar-refractivity contribution in [2.45, 2.75) is 23.6 Å². The minimum atomic E-state index is -0.401. The zero-order chi connectivity index (χ0) is 26.8. The van der Waals surface area contributed by atoms with Crippen LogP contribution in [-0.2, 0) is 0 Å². The number of nitrogens with one attached hydrogen (secondary N) is 1. The summed E-state index contributed by atoms with van der Waals surface area (Å²) >= 11 is 1.54. The number of nitro groups is 1. The number of benzene rings is 3. The van der Waals surface area contributed by atoms with E-state index in [0.717, 1.165) is 49.2 Å². The summed E-state index contributed by atoms with van der Waals surface area (Å²) in [5, 5.41) is 20.8. The topological polar surface area (TPSA) is 110 Å². The second-order valence-corrected chi connectivity index (χ2v) is 9.79. The number of aromatic nitrogens is 3. The van der Waals surface area contributed by atoms with Crippen LogP contribution >= 0.6 is 11.8 Å². The van der Waals surface area contributed by atoms with Gasteiger partial charge < -0.3 is 14.3 Å². The number of methoxy groups -OCH3 is 1. The van der Waals surface area contributed by atoms with Gasteiger partial charge in [0.1, 0.15) is 17.6 Å². The number of hydrogen-bond acceptors (Lipinski definition) is 6. The molecule has 0 unspecified atom stereocenters. The van der Waals surface area contributed by atoms with Crippen molar-refractivity contribution in [3.05, 3.63) is 106 Å². The Morgan fingerprint density at radius 2 is 1.76 bits per heavy atom. The number of H-pyrrole nitrogens is 1. The molecular weight excluding hydrogens is 498 g/mol. The van der Waals surface area contributed by atoms with Crippen LogP contribution in [0.15, 0.2) is 82.6 Å². The van der Waals surface area contributed by atoms with Gasteiger partial charge in [-0.25, -0.2) is 4.98 Å². The first-order valence-electron chi connectivity index (χ1n) is 11.7. The van der Waals surface area contributed by atoms with Crippen LogP contribution in [0.1, 0.15) is 22.8 Å². The van der Waals surface area contributed by atoms with Gasteiger partial charge in [0.15, 0.2) is 0 Å². The Morgan fingerprint density at radius 3 is 2.39 bits per heavy atom. The van der Waals surface area contributed by atoms with Crippen LogP contribution in [0, 0.1) is 35.3 Å². The van der Waals surface area contributed by atoms with Gasteiger partial charge in [-0.2, -0.15) is 5.26 Å². The number of nitriles is 1. The van der Waals surface area contributed by atoms with Gasteiger partial charge in [0.25, 0.3) is 5.69 Å². The van der Waals surface area contributed by atoms with E-state index in [1.807, 2.05) is 62.4 Å². The Hall–Kier alpha value is -4.81. The van der Waals surface area contributed by atoms with Gasteiger partial charge in [0.05, 0.1) is 28.6 Å². The third-order valence-corrected chi connectivity index (χ3v) is 7.23. The van der Waals surface area contributed by atoms with E-state index in [9.17, 15) is 15.4 Å². The fourth-order valence-corrected chi connectivity index (χ4v) is 5.14. The highest BCUT2D eigenvalue weighted by atomic mass is 32.2. The Bertz CT molecular complexity index is 1730. The van der Waals surface area contributed by atoms with Crippen LogP contribution in [0.2, 0.25) is 0 Å². The fraction of sp³-hybridized carbons (Fsp3) is 0.103. The highest BCUT2D eigenvalue weighted by Crippen LogP contribution is 2.31. The third-order valence-electron chi connectivity index (χ3n) is 6.21. The Morgan fingerprint density at radius 1 is 1.08 bits per heavy atom. The molecule has 1 N–H and O–H groups in total. The Labute approximate surface area is 223 Å². The summed E-state index contributed by atoms with van der Waals surface area (Å²) in [5.41, 5.74) is 6.06. The second-order valence-electron chi connectivity index (χ2n) is 8.65. The number of non-ortho nitro benzene ring substituents is 1. The third kappa shape index (κ3) is 4.90. The molecule has 0 amide bonds. The van der Waals surface area contributed by atoms with Crippen molar-refractivity contribution < 1.29 is 9.66 Å². The lowest BCUT2D eigenvalue weighted by molar-refractivity contribution is -0.384. The molecule has 2 aromatic heterocycles. The number of ether oxygens (including phenoxy) is 1. The minimum absolute atomic E-state index is 0.0771. The average molecular weight is 522 g/mol. The molecule has 5 rings (SSSR count). The quantitative estimate of drug-likeness (QED) is 0.139. The number of nitro benzene ring substituents is 1. The van der Waals surface area contributed by atoms with E-state index in [0.29, 0.717) is 11.4 Å². The number of rotatable bonds is 7. The summed E-state index contributed by atoms with van der Waals surface area (Å²) in [6.07, 6.45) is 1.85. The molecule has 3 aromatic carbocycles. The van der Waals surface area contributed by atoms with Crippen molar-refractivity contribution in [1.29, 1.82) is 5.26 Å².